The van der Waals surface area contributed by atoms with Crippen molar-refractivity contribution in [2.75, 3.05) is 6.54 Å². The molecule has 1 aliphatic carbocycles. The zero-order valence-electron chi connectivity index (χ0n) is 29.9. The predicted octanol–water partition coefficient (Wildman–Crippen LogP) is 9.21. The van der Waals surface area contributed by atoms with E-state index in [9.17, 15) is 9.90 Å². The molecule has 5 atom stereocenters. The maximum atomic E-state index is 11.8. The van der Waals surface area contributed by atoms with E-state index in [4.69, 9.17) is 8.85 Å². The highest BCUT2D eigenvalue weighted by atomic mass is 28.4. The van der Waals surface area contributed by atoms with E-state index < -0.39 is 22.7 Å². The second-order valence-electron chi connectivity index (χ2n) is 15.8. The van der Waals surface area contributed by atoms with E-state index in [2.05, 4.69) is 128 Å². The molecule has 2 N–H and O–H groups in total. The van der Waals surface area contributed by atoms with Gasteiger partial charge in [0.15, 0.2) is 16.6 Å². The van der Waals surface area contributed by atoms with Crippen LogP contribution in [0.5, 0.6) is 0 Å². The number of aliphatic hydroxyl groups is 1. The molecular weight excluding hydrogens is 579 g/mol. The largest absolute Gasteiger partial charge is 0.414 e. The Labute approximate surface area is 272 Å². The van der Waals surface area contributed by atoms with Gasteiger partial charge in [-0.2, -0.15) is 0 Å². The average molecular weight is 644 g/mol. The van der Waals surface area contributed by atoms with E-state index in [0.29, 0.717) is 19.4 Å². The van der Waals surface area contributed by atoms with Crippen LogP contribution in [0.15, 0.2) is 54.6 Å². The van der Waals surface area contributed by atoms with Gasteiger partial charge >= 0.3 is 0 Å². The Bertz CT molecular complexity index is 1060. The van der Waals surface area contributed by atoms with Gasteiger partial charge < -0.3 is 19.3 Å². The molecule has 0 bridgehead atoms. The molecule has 1 aromatic carbocycles. The van der Waals surface area contributed by atoms with Crippen LogP contribution in [0.25, 0.3) is 0 Å². The third-order valence-corrected chi connectivity index (χ3v) is 19.2. The van der Waals surface area contributed by atoms with Crippen LogP contribution in [-0.4, -0.2) is 52.5 Å². The normalized spacial score (nSPS) is 22.6. The summed E-state index contributed by atoms with van der Waals surface area (Å²) in [4.78, 5) is 11.8. The van der Waals surface area contributed by atoms with E-state index >= 15 is 0 Å². The molecule has 0 aromatic heterocycles. The summed E-state index contributed by atoms with van der Waals surface area (Å²) in [5.74, 6) is 0.319. The summed E-state index contributed by atoms with van der Waals surface area (Å²) in [6.45, 7) is 25.6. The highest BCUT2D eigenvalue weighted by Gasteiger charge is 2.47. The van der Waals surface area contributed by atoms with Gasteiger partial charge in [0.05, 0.1) is 18.3 Å². The summed E-state index contributed by atoms with van der Waals surface area (Å²) in [5.41, 5.74) is 1.32. The molecule has 1 aliphatic rings. The van der Waals surface area contributed by atoms with Gasteiger partial charge in [-0.3, -0.25) is 4.79 Å². The summed E-state index contributed by atoms with van der Waals surface area (Å²) in [5, 5.41) is 14.5. The Kier molecular flexibility index (Phi) is 14.8. The van der Waals surface area contributed by atoms with Crippen molar-refractivity contribution in [2.45, 2.75) is 148 Å². The molecule has 2 rings (SSSR count). The van der Waals surface area contributed by atoms with Crippen LogP contribution in [0.4, 0.5) is 0 Å². The van der Waals surface area contributed by atoms with Gasteiger partial charge in [0.25, 0.3) is 0 Å². The zero-order valence-corrected chi connectivity index (χ0v) is 31.9. The number of hydrogen-bond acceptors (Lipinski definition) is 4. The van der Waals surface area contributed by atoms with Gasteiger partial charge in [-0.05, 0) is 93.2 Å². The van der Waals surface area contributed by atoms with E-state index in [1.54, 1.807) is 0 Å². The molecule has 0 radical (unpaired) electrons. The van der Waals surface area contributed by atoms with Gasteiger partial charge in [0.1, 0.15) is 0 Å². The van der Waals surface area contributed by atoms with E-state index in [0.717, 1.165) is 32.1 Å². The van der Waals surface area contributed by atoms with E-state index in [1.807, 2.05) is 6.92 Å². The lowest BCUT2D eigenvalue weighted by molar-refractivity contribution is -0.121. The number of carbonyl (C=O) groups is 1. The topological polar surface area (TPSA) is 67.8 Å². The predicted molar refractivity (Wildman–Crippen MR) is 192 cm³/mol. The van der Waals surface area contributed by atoms with Crippen molar-refractivity contribution >= 4 is 22.5 Å². The van der Waals surface area contributed by atoms with Crippen LogP contribution in [0.1, 0.15) is 92.6 Å². The fourth-order valence-electron chi connectivity index (χ4n) is 5.37. The van der Waals surface area contributed by atoms with Crippen LogP contribution in [0.3, 0.4) is 0 Å². The van der Waals surface area contributed by atoms with Crippen molar-refractivity contribution in [3.63, 3.8) is 0 Å². The third-order valence-electron chi connectivity index (χ3n) is 10.2. The number of hydrogen-bond donors (Lipinski definition) is 2. The number of aryl methyl sites for hydroxylation is 1. The summed E-state index contributed by atoms with van der Waals surface area (Å²) < 4.78 is 14.0. The van der Waals surface area contributed by atoms with Gasteiger partial charge in [-0.1, -0.05) is 96.2 Å². The fraction of sp³-hybridized carbons (Fsp3) is 0.703. The first-order valence-corrected chi connectivity index (χ1v) is 22.9. The minimum Gasteiger partial charge on any atom is -0.414 e. The number of carbonyl (C=O) groups excluding carboxylic acids is 1. The highest BCUT2D eigenvalue weighted by molar-refractivity contribution is 6.74. The molecule has 44 heavy (non-hydrogen) atoms. The smallest absolute Gasteiger partial charge is 0.219 e. The summed E-state index contributed by atoms with van der Waals surface area (Å²) in [6, 6.07) is 10.6. The standard InChI is InChI=1S/C37H65NO4Si2/c1-12-38-35(40)23-19-14-13-18-22-32-31(33(39)28-34(32)42-44(10,11)37(5,6)7)27-26-30(41-43(8,9)36(2,3)4)25-24-29-20-16-15-17-21-29/h13,15-18,20-21,26-27,30-34,39H,12,14,19,22-25,28H2,1-11H3,(H,38,40)/b18-13-,27-26+/t30-,31+,32+,33+,34-/m0/s1. The molecule has 1 saturated carbocycles. The minimum atomic E-state index is -2.02. The quantitative estimate of drug-likeness (QED) is 0.107. The Balaban J connectivity index is 2.28. The van der Waals surface area contributed by atoms with Crippen LogP contribution < -0.4 is 5.32 Å². The van der Waals surface area contributed by atoms with Crippen molar-refractivity contribution in [3.8, 4) is 0 Å². The second-order valence-corrected chi connectivity index (χ2v) is 25.4. The van der Waals surface area contributed by atoms with E-state index in [-0.39, 0.29) is 40.0 Å². The van der Waals surface area contributed by atoms with E-state index in [1.165, 1.54) is 5.56 Å². The Morgan fingerprint density at radius 1 is 1.02 bits per heavy atom. The molecule has 0 heterocycles. The SMILES string of the molecule is CCNC(=O)CCC/C=C\C[C@@H]1[C@@H](/C=C/[C@H](CCc2ccccc2)O[Si](C)(C)C(C)(C)C)[C@H](O)C[C@@H]1O[Si](C)(C)C(C)(C)C. The maximum absolute atomic E-state index is 11.8. The van der Waals surface area contributed by atoms with Crippen LogP contribution in [0.2, 0.25) is 36.3 Å². The van der Waals surface area contributed by atoms with Crippen LogP contribution in [0, 0.1) is 11.8 Å². The van der Waals surface area contributed by atoms with Crippen molar-refractivity contribution in [1.82, 2.24) is 5.32 Å². The molecular formula is C37H65NO4Si2. The first-order chi connectivity index (χ1) is 20.4. The fourth-order valence-corrected chi connectivity index (χ4v) is 8.05. The molecule has 0 aliphatic heterocycles. The summed E-state index contributed by atoms with van der Waals surface area (Å²) in [6.07, 6.45) is 14.2. The lowest BCUT2D eigenvalue weighted by Crippen LogP contribution is -2.45. The first kappa shape index (κ1) is 38.7. The number of benzene rings is 1. The molecule has 7 heteroatoms. The van der Waals surface area contributed by atoms with Crippen molar-refractivity contribution in [2.24, 2.45) is 11.8 Å². The number of unbranched alkanes of at least 4 members (excludes halogenated alkanes) is 1. The summed E-state index contributed by atoms with van der Waals surface area (Å²) >= 11 is 0. The van der Waals surface area contributed by atoms with Gasteiger partial charge in [-0.15, -0.1) is 0 Å². The van der Waals surface area contributed by atoms with Gasteiger partial charge in [-0.25, -0.2) is 0 Å². The molecule has 0 unspecified atom stereocenters. The van der Waals surface area contributed by atoms with Crippen LogP contribution >= 0.6 is 0 Å². The molecule has 0 spiro atoms. The first-order valence-electron chi connectivity index (χ1n) is 17.1. The minimum absolute atomic E-state index is 0.00545. The number of aliphatic hydroxyl groups excluding tert-OH is 1. The third kappa shape index (κ3) is 12.0. The molecule has 1 fully saturated rings. The number of amides is 1. The lowest BCUT2D eigenvalue weighted by atomic mass is 9.89. The lowest BCUT2D eigenvalue weighted by Gasteiger charge is -2.40. The maximum Gasteiger partial charge on any atom is 0.219 e. The van der Waals surface area contributed by atoms with Crippen molar-refractivity contribution < 1.29 is 18.8 Å². The number of allylic oxidation sites excluding steroid dienone is 2. The molecule has 250 valence electrons. The Morgan fingerprint density at radius 2 is 1.66 bits per heavy atom. The van der Waals surface area contributed by atoms with Crippen molar-refractivity contribution in [1.29, 1.82) is 0 Å². The Morgan fingerprint density at radius 3 is 2.25 bits per heavy atom. The monoisotopic (exact) mass is 643 g/mol. The van der Waals surface area contributed by atoms with Crippen LogP contribution in [-0.2, 0) is 20.1 Å². The van der Waals surface area contributed by atoms with Gasteiger partial charge in [0, 0.05) is 18.9 Å². The zero-order chi connectivity index (χ0) is 33.2. The second kappa shape index (κ2) is 16.9. The van der Waals surface area contributed by atoms with Crippen molar-refractivity contribution in [3.05, 3.63) is 60.2 Å². The molecule has 1 amide bonds. The summed E-state index contributed by atoms with van der Waals surface area (Å²) in [7, 11) is -4.03. The molecule has 1 aromatic rings. The number of rotatable bonds is 16. The molecule has 5 nitrogen and oxygen atoms in total. The number of nitrogens with one attached hydrogen (secondary N) is 1. The Hall–Kier alpha value is -1.52. The highest BCUT2D eigenvalue weighted by Crippen LogP contribution is 2.44. The molecule has 0 saturated heterocycles. The average Bonchev–Trinajstić information content (AvgIpc) is 3.19. The van der Waals surface area contributed by atoms with Gasteiger partial charge in [0.2, 0.25) is 5.91 Å².